The van der Waals surface area contributed by atoms with Gasteiger partial charge in [0.05, 0.1) is 24.8 Å². The van der Waals surface area contributed by atoms with E-state index in [0.29, 0.717) is 11.2 Å². The van der Waals surface area contributed by atoms with Gasteiger partial charge in [-0.25, -0.2) is 4.98 Å². The fourth-order valence-corrected chi connectivity index (χ4v) is 1.57. The molecular weight excluding hydrogens is 234 g/mol. The van der Waals surface area contributed by atoms with Gasteiger partial charge in [-0.1, -0.05) is 19.1 Å². The summed E-state index contributed by atoms with van der Waals surface area (Å²) in [4.78, 5) is 11.1. The van der Waals surface area contributed by atoms with Crippen molar-refractivity contribution in [2.24, 2.45) is 0 Å². The van der Waals surface area contributed by atoms with Crippen molar-refractivity contribution in [3.63, 3.8) is 0 Å². The number of aromatic amines is 1. The first-order valence-corrected chi connectivity index (χ1v) is 5.83. The lowest BCUT2D eigenvalue weighted by Gasteiger charge is -2.06. The molecule has 2 aromatic heterocycles. The summed E-state index contributed by atoms with van der Waals surface area (Å²) in [6, 6.07) is 3.74. The fourth-order valence-electron chi connectivity index (χ4n) is 1.40. The van der Waals surface area contributed by atoms with E-state index in [1.54, 1.807) is 24.8 Å². The second-order valence-electron chi connectivity index (χ2n) is 3.56. The average molecular weight is 247 g/mol. The zero-order valence-corrected chi connectivity index (χ0v) is 10.3. The van der Waals surface area contributed by atoms with Gasteiger partial charge in [0, 0.05) is 11.8 Å². The highest BCUT2D eigenvalue weighted by molar-refractivity contribution is 7.71. The summed E-state index contributed by atoms with van der Waals surface area (Å²) in [7, 11) is 0. The number of nitrogens with zero attached hydrogens (tertiary/aromatic N) is 2. The topological polar surface area (TPSA) is 50.8 Å². The standard InChI is InChI=1S/C12H13N3OS/c1-2-3-16-10-4-9(6-13-7-10)11-5-12(17)15-8-14-11/h4-8H,2-3H2,1H3,(H,14,15,17). The molecule has 0 radical (unpaired) electrons. The van der Waals surface area contributed by atoms with Gasteiger partial charge in [0.25, 0.3) is 0 Å². The second kappa shape index (κ2) is 5.54. The summed E-state index contributed by atoms with van der Waals surface area (Å²) >= 11 is 5.02. The number of ether oxygens (including phenoxy) is 1. The van der Waals surface area contributed by atoms with Crippen molar-refractivity contribution in [2.45, 2.75) is 13.3 Å². The van der Waals surface area contributed by atoms with Crippen molar-refractivity contribution in [3.8, 4) is 17.0 Å². The number of rotatable bonds is 4. The summed E-state index contributed by atoms with van der Waals surface area (Å²) in [5.74, 6) is 0.764. The Kier molecular flexibility index (Phi) is 3.82. The van der Waals surface area contributed by atoms with E-state index in [1.165, 1.54) is 0 Å². The third-order valence-electron chi connectivity index (χ3n) is 2.18. The molecule has 88 valence electrons. The van der Waals surface area contributed by atoms with Crippen LogP contribution in [-0.4, -0.2) is 21.6 Å². The van der Waals surface area contributed by atoms with Crippen molar-refractivity contribution in [1.82, 2.24) is 15.0 Å². The predicted molar refractivity (Wildman–Crippen MR) is 68.4 cm³/mol. The van der Waals surface area contributed by atoms with Crippen LogP contribution < -0.4 is 4.74 Å². The average Bonchev–Trinajstić information content (AvgIpc) is 2.37. The summed E-state index contributed by atoms with van der Waals surface area (Å²) in [6.45, 7) is 2.76. The largest absolute Gasteiger partial charge is 0.492 e. The SMILES string of the molecule is CCCOc1cncc(-c2cc(=S)nc[nH]2)c1. The van der Waals surface area contributed by atoms with E-state index >= 15 is 0 Å². The van der Waals surface area contributed by atoms with E-state index in [4.69, 9.17) is 17.0 Å². The molecule has 2 aromatic rings. The normalized spacial score (nSPS) is 10.2. The van der Waals surface area contributed by atoms with Gasteiger partial charge in [-0.2, -0.15) is 0 Å². The van der Waals surface area contributed by atoms with Gasteiger partial charge < -0.3 is 9.72 Å². The lowest BCUT2D eigenvalue weighted by Crippen LogP contribution is -1.96. The van der Waals surface area contributed by atoms with Gasteiger partial charge >= 0.3 is 0 Å². The third kappa shape index (κ3) is 3.10. The van der Waals surface area contributed by atoms with Crippen LogP contribution in [0, 0.1) is 4.64 Å². The van der Waals surface area contributed by atoms with E-state index in [0.717, 1.165) is 23.4 Å². The Morgan fingerprint density at radius 1 is 1.35 bits per heavy atom. The molecule has 0 fully saturated rings. The molecule has 17 heavy (non-hydrogen) atoms. The molecule has 5 heteroatoms. The molecule has 0 saturated heterocycles. The van der Waals surface area contributed by atoms with Crippen molar-refractivity contribution in [3.05, 3.63) is 35.5 Å². The van der Waals surface area contributed by atoms with E-state index < -0.39 is 0 Å². The fraction of sp³-hybridized carbons (Fsp3) is 0.250. The molecule has 1 N–H and O–H groups in total. The van der Waals surface area contributed by atoms with Crippen LogP contribution in [0.1, 0.15) is 13.3 Å². The maximum Gasteiger partial charge on any atom is 0.138 e. The van der Waals surface area contributed by atoms with Crippen LogP contribution in [0.4, 0.5) is 0 Å². The minimum atomic E-state index is 0.554. The van der Waals surface area contributed by atoms with E-state index in [2.05, 4.69) is 21.9 Å². The van der Waals surface area contributed by atoms with E-state index in [1.807, 2.05) is 6.07 Å². The molecule has 0 aliphatic heterocycles. The smallest absolute Gasteiger partial charge is 0.138 e. The molecule has 0 saturated carbocycles. The van der Waals surface area contributed by atoms with Gasteiger partial charge in [0.15, 0.2) is 0 Å². The Hall–Kier alpha value is -1.75. The first-order valence-electron chi connectivity index (χ1n) is 5.42. The lowest BCUT2D eigenvalue weighted by atomic mass is 10.2. The van der Waals surface area contributed by atoms with Gasteiger partial charge in [0.2, 0.25) is 0 Å². The minimum absolute atomic E-state index is 0.554. The number of H-pyrrole nitrogens is 1. The van der Waals surface area contributed by atoms with Gasteiger partial charge in [-0.15, -0.1) is 0 Å². The number of nitrogens with one attached hydrogen (secondary N) is 1. The maximum atomic E-state index is 5.53. The molecule has 0 atom stereocenters. The van der Waals surface area contributed by atoms with E-state index in [-0.39, 0.29) is 0 Å². The molecule has 2 rings (SSSR count). The molecule has 0 aromatic carbocycles. The Labute approximate surface area is 105 Å². The van der Waals surface area contributed by atoms with Crippen molar-refractivity contribution >= 4 is 12.2 Å². The summed E-state index contributed by atoms with van der Waals surface area (Å²) in [5.41, 5.74) is 1.83. The molecule has 0 aliphatic carbocycles. The van der Waals surface area contributed by atoms with Gasteiger partial charge in [-0.05, 0) is 18.6 Å². The molecule has 0 aliphatic rings. The zero-order valence-electron chi connectivity index (χ0n) is 9.51. The Morgan fingerprint density at radius 3 is 3.00 bits per heavy atom. The molecule has 0 unspecified atom stereocenters. The van der Waals surface area contributed by atoms with Gasteiger partial charge in [-0.3, -0.25) is 4.98 Å². The highest BCUT2D eigenvalue weighted by Gasteiger charge is 2.01. The van der Waals surface area contributed by atoms with Crippen molar-refractivity contribution < 1.29 is 4.74 Å². The predicted octanol–water partition coefficient (Wildman–Crippen LogP) is 2.99. The van der Waals surface area contributed by atoms with E-state index in [9.17, 15) is 0 Å². The Morgan fingerprint density at radius 2 is 2.24 bits per heavy atom. The second-order valence-corrected chi connectivity index (χ2v) is 3.97. The number of aromatic nitrogens is 3. The summed E-state index contributed by atoms with van der Waals surface area (Å²) < 4.78 is 6.08. The lowest BCUT2D eigenvalue weighted by molar-refractivity contribution is 0.316. The number of pyridine rings is 1. The Balaban J connectivity index is 2.29. The molecule has 0 amide bonds. The third-order valence-corrected chi connectivity index (χ3v) is 2.40. The highest BCUT2D eigenvalue weighted by atomic mass is 32.1. The van der Waals surface area contributed by atoms with Crippen LogP contribution in [0.25, 0.3) is 11.3 Å². The molecule has 4 nitrogen and oxygen atoms in total. The quantitative estimate of drug-likeness (QED) is 0.844. The minimum Gasteiger partial charge on any atom is -0.492 e. The first kappa shape index (κ1) is 11.7. The first-order chi connectivity index (χ1) is 8.29. The van der Waals surface area contributed by atoms with Gasteiger partial charge in [0.1, 0.15) is 10.4 Å². The van der Waals surface area contributed by atoms with Crippen molar-refractivity contribution in [1.29, 1.82) is 0 Å². The summed E-state index contributed by atoms with van der Waals surface area (Å²) in [6.07, 6.45) is 6.02. The highest BCUT2D eigenvalue weighted by Crippen LogP contribution is 2.20. The van der Waals surface area contributed by atoms with Crippen molar-refractivity contribution in [2.75, 3.05) is 6.61 Å². The monoisotopic (exact) mass is 247 g/mol. The number of hydrogen-bond acceptors (Lipinski definition) is 4. The van der Waals surface area contributed by atoms with Crippen LogP contribution in [0.5, 0.6) is 5.75 Å². The van der Waals surface area contributed by atoms with Crippen LogP contribution in [0.3, 0.4) is 0 Å². The summed E-state index contributed by atoms with van der Waals surface area (Å²) in [5, 5.41) is 0. The maximum absolute atomic E-state index is 5.53. The molecule has 0 spiro atoms. The molecule has 2 heterocycles. The molecular formula is C12H13N3OS. The van der Waals surface area contributed by atoms with Crippen LogP contribution in [0.15, 0.2) is 30.9 Å². The Bertz CT molecular complexity index is 553. The zero-order chi connectivity index (χ0) is 12.1. The van der Waals surface area contributed by atoms with Crippen LogP contribution >= 0.6 is 12.2 Å². The van der Waals surface area contributed by atoms with Crippen LogP contribution in [-0.2, 0) is 0 Å². The number of hydrogen-bond donors (Lipinski definition) is 1. The molecule has 0 bridgehead atoms. The van der Waals surface area contributed by atoms with Crippen LogP contribution in [0.2, 0.25) is 0 Å².